The van der Waals surface area contributed by atoms with Crippen molar-refractivity contribution in [2.75, 3.05) is 31.5 Å². The maximum absolute atomic E-state index is 13.1. The predicted molar refractivity (Wildman–Crippen MR) is 124 cm³/mol. The fourth-order valence-corrected chi connectivity index (χ4v) is 3.73. The van der Waals surface area contributed by atoms with E-state index in [1.807, 2.05) is 49.4 Å². The Morgan fingerprint density at radius 2 is 1.16 bits per heavy atom. The van der Waals surface area contributed by atoms with Gasteiger partial charge < -0.3 is 15.1 Å². The highest BCUT2D eigenvalue weighted by Crippen LogP contribution is 2.20. The molecule has 162 valence electrons. The monoisotopic (exact) mass is 427 g/mol. The van der Waals surface area contributed by atoms with E-state index in [9.17, 15) is 14.4 Å². The van der Waals surface area contributed by atoms with Gasteiger partial charge in [-0.2, -0.15) is 0 Å². The van der Waals surface area contributed by atoms with E-state index >= 15 is 0 Å². The minimum atomic E-state index is -0.216. The second-order valence-corrected chi connectivity index (χ2v) is 7.80. The third-order valence-corrected chi connectivity index (χ3v) is 5.64. The van der Waals surface area contributed by atoms with Crippen molar-refractivity contribution in [3.8, 4) is 0 Å². The Morgan fingerprint density at radius 3 is 1.72 bits per heavy atom. The number of hydrogen-bond acceptors (Lipinski definition) is 3. The summed E-state index contributed by atoms with van der Waals surface area (Å²) in [5.41, 5.74) is 3.22. The molecule has 6 heteroatoms. The number of aryl methyl sites for hydroxylation is 1. The Balaban J connectivity index is 1.41. The Morgan fingerprint density at radius 1 is 0.656 bits per heavy atom. The molecular formula is C26H25N3O3. The van der Waals surface area contributed by atoms with Crippen LogP contribution in [0.15, 0.2) is 78.9 Å². The molecule has 1 heterocycles. The van der Waals surface area contributed by atoms with E-state index in [4.69, 9.17) is 0 Å². The molecule has 32 heavy (non-hydrogen) atoms. The van der Waals surface area contributed by atoms with Gasteiger partial charge in [-0.15, -0.1) is 0 Å². The molecule has 0 spiro atoms. The van der Waals surface area contributed by atoms with Crippen LogP contribution in [0.4, 0.5) is 5.69 Å². The number of rotatable bonds is 4. The smallest absolute Gasteiger partial charge is 0.255 e. The highest BCUT2D eigenvalue weighted by Gasteiger charge is 2.25. The molecule has 1 aliphatic heterocycles. The van der Waals surface area contributed by atoms with E-state index in [1.165, 1.54) is 0 Å². The van der Waals surface area contributed by atoms with Crippen molar-refractivity contribution in [2.45, 2.75) is 6.92 Å². The van der Waals surface area contributed by atoms with Crippen LogP contribution in [0.1, 0.15) is 36.6 Å². The largest absolute Gasteiger partial charge is 0.335 e. The molecule has 1 saturated heterocycles. The lowest BCUT2D eigenvalue weighted by Gasteiger charge is -2.35. The van der Waals surface area contributed by atoms with Gasteiger partial charge in [0.05, 0.1) is 0 Å². The first-order chi connectivity index (χ1) is 15.5. The summed E-state index contributed by atoms with van der Waals surface area (Å²) in [7, 11) is 0. The van der Waals surface area contributed by atoms with Crippen molar-refractivity contribution in [3.05, 3.63) is 101 Å². The van der Waals surface area contributed by atoms with Gasteiger partial charge >= 0.3 is 0 Å². The maximum Gasteiger partial charge on any atom is 0.255 e. The first-order valence-corrected chi connectivity index (χ1v) is 10.6. The van der Waals surface area contributed by atoms with Crippen molar-refractivity contribution in [3.63, 3.8) is 0 Å². The number of anilines is 1. The van der Waals surface area contributed by atoms with E-state index in [1.54, 1.807) is 46.2 Å². The zero-order valence-electron chi connectivity index (χ0n) is 18.0. The van der Waals surface area contributed by atoms with E-state index in [0.717, 1.165) is 5.56 Å². The summed E-state index contributed by atoms with van der Waals surface area (Å²) in [4.78, 5) is 41.8. The molecule has 3 aromatic carbocycles. The minimum absolute atomic E-state index is 0.0149. The predicted octanol–water partition coefficient (Wildman–Crippen LogP) is 3.85. The lowest BCUT2D eigenvalue weighted by molar-refractivity contribution is 0.0535. The fraction of sp³-hybridized carbons (Fsp3) is 0.192. The van der Waals surface area contributed by atoms with Gasteiger partial charge in [0.15, 0.2) is 0 Å². The molecule has 0 aromatic heterocycles. The van der Waals surface area contributed by atoms with Crippen LogP contribution in [0.2, 0.25) is 0 Å². The van der Waals surface area contributed by atoms with Gasteiger partial charge in [0.1, 0.15) is 0 Å². The molecular weight excluding hydrogens is 402 g/mol. The number of nitrogens with one attached hydrogen (secondary N) is 1. The molecule has 1 aliphatic rings. The second kappa shape index (κ2) is 9.47. The number of carbonyl (C=O) groups is 3. The van der Waals surface area contributed by atoms with Crippen molar-refractivity contribution < 1.29 is 14.4 Å². The third-order valence-electron chi connectivity index (χ3n) is 5.64. The number of amides is 3. The standard InChI is InChI=1S/C26H25N3O3/c1-19-12-13-22(18-23(19)27-24(30)20-8-4-2-5-9-20)26(32)29-16-14-28(15-17-29)25(31)21-10-6-3-7-11-21/h2-13,18H,14-17H2,1H3,(H,27,30). The van der Waals surface area contributed by atoms with Crippen LogP contribution in [0.5, 0.6) is 0 Å². The molecule has 0 saturated carbocycles. The fourth-order valence-electron chi connectivity index (χ4n) is 3.73. The van der Waals surface area contributed by atoms with Gasteiger partial charge in [-0.05, 0) is 48.9 Å². The molecule has 0 bridgehead atoms. The Kier molecular flexibility index (Phi) is 6.31. The van der Waals surface area contributed by atoms with Crippen molar-refractivity contribution in [1.82, 2.24) is 9.80 Å². The SMILES string of the molecule is Cc1ccc(C(=O)N2CCN(C(=O)c3ccccc3)CC2)cc1NC(=O)c1ccccc1. The molecule has 0 atom stereocenters. The van der Waals surface area contributed by atoms with Crippen LogP contribution in [0.25, 0.3) is 0 Å². The van der Waals surface area contributed by atoms with Gasteiger partial charge in [-0.3, -0.25) is 14.4 Å². The summed E-state index contributed by atoms with van der Waals surface area (Å²) in [5, 5.41) is 2.90. The van der Waals surface area contributed by atoms with Gasteiger partial charge in [0, 0.05) is 48.6 Å². The van der Waals surface area contributed by atoms with Gasteiger partial charge in [-0.1, -0.05) is 42.5 Å². The summed E-state index contributed by atoms with van der Waals surface area (Å²) in [5.74, 6) is -0.336. The Labute approximate surface area is 187 Å². The van der Waals surface area contributed by atoms with Crippen LogP contribution in [-0.4, -0.2) is 53.7 Å². The average molecular weight is 428 g/mol. The average Bonchev–Trinajstić information content (AvgIpc) is 2.85. The number of piperazine rings is 1. The normalized spacial score (nSPS) is 13.5. The quantitative estimate of drug-likeness (QED) is 0.688. The maximum atomic E-state index is 13.1. The summed E-state index contributed by atoms with van der Waals surface area (Å²) < 4.78 is 0. The van der Waals surface area contributed by atoms with Crippen molar-refractivity contribution in [2.24, 2.45) is 0 Å². The Bertz CT molecular complexity index is 1120. The van der Waals surface area contributed by atoms with E-state index in [2.05, 4.69) is 5.32 Å². The number of hydrogen-bond donors (Lipinski definition) is 1. The molecule has 1 fully saturated rings. The lowest BCUT2D eigenvalue weighted by Crippen LogP contribution is -2.50. The van der Waals surface area contributed by atoms with Crippen LogP contribution in [0.3, 0.4) is 0 Å². The summed E-state index contributed by atoms with van der Waals surface area (Å²) in [6.07, 6.45) is 0. The molecule has 3 aromatic rings. The van der Waals surface area contributed by atoms with Crippen LogP contribution < -0.4 is 5.32 Å². The van der Waals surface area contributed by atoms with E-state index < -0.39 is 0 Å². The molecule has 0 radical (unpaired) electrons. The first kappa shape index (κ1) is 21.3. The molecule has 1 N–H and O–H groups in total. The first-order valence-electron chi connectivity index (χ1n) is 10.6. The topological polar surface area (TPSA) is 69.7 Å². The van der Waals surface area contributed by atoms with Gasteiger partial charge in [0.25, 0.3) is 17.7 Å². The van der Waals surface area contributed by atoms with Gasteiger partial charge in [-0.25, -0.2) is 0 Å². The number of nitrogens with zero attached hydrogens (tertiary/aromatic N) is 2. The minimum Gasteiger partial charge on any atom is -0.335 e. The molecule has 0 unspecified atom stereocenters. The summed E-state index contributed by atoms with van der Waals surface area (Å²) in [6.45, 7) is 3.81. The Hall–Kier alpha value is -3.93. The molecule has 3 amide bonds. The van der Waals surface area contributed by atoms with Crippen LogP contribution in [-0.2, 0) is 0 Å². The van der Waals surface area contributed by atoms with E-state index in [0.29, 0.717) is 48.6 Å². The zero-order chi connectivity index (χ0) is 22.5. The highest BCUT2D eigenvalue weighted by atomic mass is 16.2. The third kappa shape index (κ3) is 4.70. The van der Waals surface area contributed by atoms with Crippen molar-refractivity contribution >= 4 is 23.4 Å². The lowest BCUT2D eigenvalue weighted by atomic mass is 10.1. The number of carbonyl (C=O) groups excluding carboxylic acids is 3. The van der Waals surface area contributed by atoms with Crippen LogP contribution in [0, 0.1) is 6.92 Å². The summed E-state index contributed by atoms with van der Waals surface area (Å²) in [6, 6.07) is 23.5. The number of benzene rings is 3. The zero-order valence-corrected chi connectivity index (χ0v) is 18.0. The highest BCUT2D eigenvalue weighted by molar-refractivity contribution is 6.05. The summed E-state index contributed by atoms with van der Waals surface area (Å²) >= 11 is 0. The van der Waals surface area contributed by atoms with Gasteiger partial charge in [0.2, 0.25) is 0 Å². The van der Waals surface area contributed by atoms with Crippen LogP contribution >= 0.6 is 0 Å². The molecule has 4 rings (SSSR count). The molecule has 6 nitrogen and oxygen atoms in total. The van der Waals surface area contributed by atoms with Crippen molar-refractivity contribution in [1.29, 1.82) is 0 Å². The van der Waals surface area contributed by atoms with E-state index in [-0.39, 0.29) is 17.7 Å². The second-order valence-electron chi connectivity index (χ2n) is 7.80. The molecule has 0 aliphatic carbocycles.